The van der Waals surface area contributed by atoms with E-state index < -0.39 is 11.9 Å². The number of rotatable bonds is 6. The van der Waals surface area contributed by atoms with Gasteiger partial charge in [-0.1, -0.05) is 84.9 Å². The Morgan fingerprint density at radius 1 is 0.636 bits per heavy atom. The molecule has 3 N–H and O–H groups in total. The Kier molecular flexibility index (Phi) is 6.64. The molecule has 0 aliphatic heterocycles. The minimum absolute atomic E-state index is 0.128. The van der Waals surface area contributed by atoms with E-state index in [9.17, 15) is 14.4 Å². The summed E-state index contributed by atoms with van der Waals surface area (Å²) in [7, 11) is 0. The van der Waals surface area contributed by atoms with Gasteiger partial charge in [0, 0.05) is 0 Å². The summed E-state index contributed by atoms with van der Waals surface area (Å²) in [6, 6.07) is 26.5. The molecule has 4 rings (SSSR count). The van der Waals surface area contributed by atoms with Crippen LogP contribution < -0.4 is 16.2 Å². The number of hydrogen-bond donors (Lipinski definition) is 3. The predicted molar refractivity (Wildman–Crippen MR) is 129 cm³/mol. The largest absolute Gasteiger partial charge is 0.344 e. The molecule has 0 spiro atoms. The average molecular weight is 440 g/mol. The molecule has 0 radical (unpaired) electrons. The molecule has 0 aromatic heterocycles. The summed E-state index contributed by atoms with van der Waals surface area (Å²) in [5.74, 6) is -1.10. The van der Waals surface area contributed by atoms with Crippen LogP contribution in [0.2, 0.25) is 0 Å². The van der Waals surface area contributed by atoms with Gasteiger partial charge in [0.1, 0.15) is 6.04 Å². The molecule has 33 heavy (non-hydrogen) atoms. The molecule has 6 heteroatoms. The predicted octanol–water partition coefficient (Wildman–Crippen LogP) is 3.43. The van der Waals surface area contributed by atoms with Gasteiger partial charge in [-0.3, -0.25) is 25.2 Å². The molecule has 0 aliphatic carbocycles. The topological polar surface area (TPSA) is 87.3 Å². The lowest BCUT2D eigenvalue weighted by molar-refractivity contribution is -0.131. The summed E-state index contributed by atoms with van der Waals surface area (Å²) >= 11 is 0. The first-order chi connectivity index (χ1) is 16.0. The number of hydrogen-bond acceptors (Lipinski definition) is 3. The lowest BCUT2D eigenvalue weighted by atomic mass is 10.0. The van der Waals surface area contributed by atoms with Gasteiger partial charge in [-0.05, 0) is 39.6 Å². The lowest BCUT2D eigenvalue weighted by Gasteiger charge is -2.15. The number of nitrogens with one attached hydrogen (secondary N) is 3. The van der Waals surface area contributed by atoms with Crippen molar-refractivity contribution in [2.45, 2.75) is 25.8 Å². The van der Waals surface area contributed by atoms with Gasteiger partial charge in [-0.15, -0.1) is 0 Å². The Balaban J connectivity index is 1.29. The Bertz CT molecular complexity index is 1320. The summed E-state index contributed by atoms with van der Waals surface area (Å²) in [6.07, 6.45) is 0.288. The van der Waals surface area contributed by atoms with Crippen molar-refractivity contribution in [2.24, 2.45) is 0 Å². The van der Waals surface area contributed by atoms with E-state index >= 15 is 0 Å². The van der Waals surface area contributed by atoms with E-state index in [-0.39, 0.29) is 24.7 Å². The number of carbonyl (C=O) groups excluding carboxylic acids is 3. The molecule has 3 amide bonds. The quantitative estimate of drug-likeness (QED) is 0.402. The highest BCUT2D eigenvalue weighted by atomic mass is 16.2. The van der Waals surface area contributed by atoms with Gasteiger partial charge in [0.05, 0.1) is 12.8 Å². The lowest BCUT2D eigenvalue weighted by Crippen LogP contribution is -2.51. The number of amides is 3. The summed E-state index contributed by atoms with van der Waals surface area (Å²) < 4.78 is 0. The summed E-state index contributed by atoms with van der Waals surface area (Å²) in [6.45, 7) is 1.58. The number of fused-ring (bicyclic) bond motifs is 2. The van der Waals surface area contributed by atoms with Gasteiger partial charge in [0.25, 0.3) is 5.91 Å². The van der Waals surface area contributed by atoms with Gasteiger partial charge >= 0.3 is 0 Å². The Morgan fingerprint density at radius 2 is 1.12 bits per heavy atom. The van der Waals surface area contributed by atoms with Gasteiger partial charge in [0.2, 0.25) is 11.8 Å². The number of carbonyl (C=O) groups is 3. The highest BCUT2D eigenvalue weighted by Crippen LogP contribution is 2.19. The highest BCUT2D eigenvalue weighted by molar-refractivity contribution is 5.94. The molecular formula is C27H25N3O3. The Morgan fingerprint density at radius 3 is 1.70 bits per heavy atom. The summed E-state index contributed by atoms with van der Waals surface area (Å²) in [4.78, 5) is 37.2. The highest BCUT2D eigenvalue weighted by Gasteiger charge is 2.17. The first-order valence-electron chi connectivity index (χ1n) is 10.8. The fraction of sp³-hybridized carbons (Fsp3) is 0.148. The maximum Gasteiger partial charge on any atom is 0.260 e. The number of hydrazine groups is 1. The van der Waals surface area contributed by atoms with Crippen molar-refractivity contribution in [3.8, 4) is 0 Å². The molecule has 0 unspecified atom stereocenters. The molecule has 0 saturated heterocycles. The third-order valence-electron chi connectivity index (χ3n) is 5.56. The monoisotopic (exact) mass is 439 g/mol. The molecule has 0 heterocycles. The van der Waals surface area contributed by atoms with Crippen molar-refractivity contribution >= 4 is 39.3 Å². The van der Waals surface area contributed by atoms with Crippen LogP contribution in [0.1, 0.15) is 18.1 Å². The van der Waals surface area contributed by atoms with Crippen LogP contribution in [0.5, 0.6) is 0 Å². The molecule has 166 valence electrons. The van der Waals surface area contributed by atoms with E-state index in [1.165, 1.54) is 0 Å². The van der Waals surface area contributed by atoms with Crippen molar-refractivity contribution in [1.29, 1.82) is 0 Å². The molecule has 0 fully saturated rings. The fourth-order valence-corrected chi connectivity index (χ4v) is 3.88. The van der Waals surface area contributed by atoms with E-state index in [0.717, 1.165) is 32.7 Å². The average Bonchev–Trinajstić information content (AvgIpc) is 2.83. The van der Waals surface area contributed by atoms with Crippen LogP contribution in [0.4, 0.5) is 0 Å². The molecule has 0 saturated carbocycles. The van der Waals surface area contributed by atoms with E-state index in [4.69, 9.17) is 0 Å². The second-order valence-electron chi connectivity index (χ2n) is 7.96. The molecule has 4 aromatic rings. The third kappa shape index (κ3) is 5.36. The van der Waals surface area contributed by atoms with Gasteiger partial charge < -0.3 is 5.32 Å². The van der Waals surface area contributed by atoms with Crippen molar-refractivity contribution in [3.63, 3.8) is 0 Å². The molecule has 1 atom stereocenters. The van der Waals surface area contributed by atoms with Crippen LogP contribution in [0.25, 0.3) is 21.5 Å². The first kappa shape index (κ1) is 22.0. The SMILES string of the molecule is C[C@H](NC(=O)Cc1cccc2ccccc12)C(=O)NNC(=O)Cc1cccc2ccccc12. The van der Waals surface area contributed by atoms with Crippen molar-refractivity contribution in [3.05, 3.63) is 96.1 Å². The smallest absolute Gasteiger partial charge is 0.260 e. The Labute approximate surface area is 192 Å². The summed E-state index contributed by atoms with van der Waals surface area (Å²) in [5.41, 5.74) is 6.59. The molecule has 0 bridgehead atoms. The van der Waals surface area contributed by atoms with Crippen molar-refractivity contribution in [2.75, 3.05) is 0 Å². The van der Waals surface area contributed by atoms with Crippen LogP contribution in [-0.2, 0) is 27.2 Å². The van der Waals surface area contributed by atoms with E-state index in [1.807, 2.05) is 84.9 Å². The number of benzene rings is 4. The minimum atomic E-state index is -0.801. The van der Waals surface area contributed by atoms with Gasteiger partial charge in [-0.25, -0.2) is 0 Å². The van der Waals surface area contributed by atoms with Crippen LogP contribution in [0.3, 0.4) is 0 Å². The van der Waals surface area contributed by atoms with Crippen molar-refractivity contribution in [1.82, 2.24) is 16.2 Å². The van der Waals surface area contributed by atoms with E-state index in [1.54, 1.807) is 6.92 Å². The minimum Gasteiger partial charge on any atom is -0.344 e. The molecule has 4 aromatic carbocycles. The molecule has 0 aliphatic rings. The second-order valence-corrected chi connectivity index (χ2v) is 7.96. The first-order valence-corrected chi connectivity index (χ1v) is 10.8. The molecule has 6 nitrogen and oxygen atoms in total. The van der Waals surface area contributed by atoms with E-state index in [0.29, 0.717) is 0 Å². The fourth-order valence-electron chi connectivity index (χ4n) is 3.88. The van der Waals surface area contributed by atoms with Crippen LogP contribution in [0.15, 0.2) is 84.9 Å². The maximum absolute atomic E-state index is 12.5. The zero-order valence-corrected chi connectivity index (χ0v) is 18.3. The zero-order chi connectivity index (χ0) is 23.2. The van der Waals surface area contributed by atoms with Crippen molar-refractivity contribution < 1.29 is 14.4 Å². The van der Waals surface area contributed by atoms with Crippen LogP contribution >= 0.6 is 0 Å². The van der Waals surface area contributed by atoms with Crippen LogP contribution in [0, 0.1) is 0 Å². The second kappa shape index (κ2) is 9.96. The zero-order valence-electron chi connectivity index (χ0n) is 18.3. The van der Waals surface area contributed by atoms with Gasteiger partial charge in [-0.2, -0.15) is 0 Å². The van der Waals surface area contributed by atoms with Crippen LogP contribution in [-0.4, -0.2) is 23.8 Å². The maximum atomic E-state index is 12.5. The van der Waals surface area contributed by atoms with E-state index in [2.05, 4.69) is 16.2 Å². The normalized spacial score (nSPS) is 11.7. The standard InChI is InChI=1S/C27H25N3O3/c1-18(28-25(31)16-21-12-6-10-19-8-2-4-14-23(19)21)27(33)30-29-26(32)17-22-13-7-11-20-9-3-5-15-24(20)22/h2-15,18H,16-17H2,1H3,(H,28,31)(H,29,32)(H,30,33)/t18-/m0/s1. The molecular weight excluding hydrogens is 414 g/mol. The Hall–Kier alpha value is -4.19. The summed E-state index contributed by atoms with van der Waals surface area (Å²) in [5, 5.41) is 6.80. The third-order valence-corrected chi connectivity index (χ3v) is 5.56. The van der Waals surface area contributed by atoms with Gasteiger partial charge in [0.15, 0.2) is 0 Å².